The second-order valence-corrected chi connectivity index (χ2v) is 6.72. The van der Waals surface area contributed by atoms with Gasteiger partial charge in [0.1, 0.15) is 5.82 Å². The average molecular weight is 358 g/mol. The zero-order chi connectivity index (χ0) is 18.5. The van der Waals surface area contributed by atoms with Gasteiger partial charge in [-0.15, -0.1) is 0 Å². The van der Waals surface area contributed by atoms with Gasteiger partial charge in [0.25, 0.3) is 5.91 Å². The molecule has 6 heteroatoms. The number of carbonyl (C=O) groups is 1. The van der Waals surface area contributed by atoms with E-state index in [0.29, 0.717) is 6.54 Å². The van der Waals surface area contributed by atoms with Crippen molar-refractivity contribution in [3.8, 4) is 0 Å². The van der Waals surface area contributed by atoms with Crippen LogP contribution in [0.2, 0.25) is 0 Å². The molecule has 0 saturated carbocycles. The number of hydrogen-bond acceptors (Lipinski definition) is 3. The van der Waals surface area contributed by atoms with Crippen LogP contribution in [-0.2, 0) is 19.5 Å². The summed E-state index contributed by atoms with van der Waals surface area (Å²) in [6.07, 6.45) is 3.46. The van der Waals surface area contributed by atoms with E-state index in [1.54, 1.807) is 6.20 Å². The van der Waals surface area contributed by atoms with Crippen LogP contribution in [0.4, 0.5) is 4.39 Å². The number of hydrogen-bond donors (Lipinski definition) is 0. The smallest absolute Gasteiger partial charge is 0.257 e. The van der Waals surface area contributed by atoms with Gasteiger partial charge in [-0.3, -0.25) is 14.4 Å². The van der Waals surface area contributed by atoms with Gasteiger partial charge in [-0.2, -0.15) is 5.10 Å². The highest BCUT2D eigenvalue weighted by molar-refractivity contribution is 5.95. The number of halogens is 1. The Morgan fingerprint density at radius 2 is 1.88 bits per heavy atom. The minimum absolute atomic E-state index is 0.0881. The standard InChI is InChI=1S/C20H27FN4O/c1-3-19-18(14-22-25(19)4-2)20(26)24-11-5-10-23(12-13-24)15-16-6-8-17(21)9-7-16/h6-9,14H,3-5,10-13,15H2,1-2H3. The van der Waals surface area contributed by atoms with Gasteiger partial charge in [0, 0.05) is 39.3 Å². The maximum Gasteiger partial charge on any atom is 0.257 e. The summed E-state index contributed by atoms with van der Waals surface area (Å²) < 4.78 is 15.0. The summed E-state index contributed by atoms with van der Waals surface area (Å²) in [7, 11) is 0. The van der Waals surface area contributed by atoms with Crippen LogP contribution in [0.1, 0.15) is 41.9 Å². The van der Waals surface area contributed by atoms with Gasteiger partial charge in [-0.1, -0.05) is 19.1 Å². The molecule has 2 aromatic rings. The second-order valence-electron chi connectivity index (χ2n) is 6.72. The molecule has 2 heterocycles. The maximum absolute atomic E-state index is 13.1. The third-order valence-corrected chi connectivity index (χ3v) is 5.01. The minimum Gasteiger partial charge on any atom is -0.337 e. The first kappa shape index (κ1) is 18.6. The molecule has 0 radical (unpaired) electrons. The summed E-state index contributed by atoms with van der Waals surface area (Å²) in [4.78, 5) is 17.3. The number of carbonyl (C=O) groups excluding carboxylic acids is 1. The topological polar surface area (TPSA) is 41.4 Å². The lowest BCUT2D eigenvalue weighted by molar-refractivity contribution is 0.0760. The third-order valence-electron chi connectivity index (χ3n) is 5.01. The van der Waals surface area contributed by atoms with Crippen LogP contribution in [0.25, 0.3) is 0 Å². The normalized spacial score (nSPS) is 15.9. The Morgan fingerprint density at radius 1 is 1.12 bits per heavy atom. The molecule has 26 heavy (non-hydrogen) atoms. The second kappa shape index (κ2) is 8.45. The lowest BCUT2D eigenvalue weighted by Gasteiger charge is -2.22. The first-order chi connectivity index (χ1) is 12.6. The van der Waals surface area contributed by atoms with E-state index >= 15 is 0 Å². The van der Waals surface area contributed by atoms with Crippen molar-refractivity contribution >= 4 is 5.91 Å². The van der Waals surface area contributed by atoms with Crippen LogP contribution < -0.4 is 0 Å². The Labute approximate surface area is 154 Å². The van der Waals surface area contributed by atoms with Crippen LogP contribution in [0.15, 0.2) is 30.5 Å². The predicted molar refractivity (Wildman–Crippen MR) is 99.5 cm³/mol. The van der Waals surface area contributed by atoms with Gasteiger partial charge in [-0.05, 0) is 37.5 Å². The number of rotatable bonds is 5. The molecule has 1 aromatic heterocycles. The molecule has 140 valence electrons. The Balaban J connectivity index is 1.63. The Kier molecular flexibility index (Phi) is 6.04. The van der Waals surface area contributed by atoms with Crippen molar-refractivity contribution in [1.82, 2.24) is 19.6 Å². The minimum atomic E-state index is -0.208. The van der Waals surface area contributed by atoms with E-state index in [1.165, 1.54) is 12.1 Å². The van der Waals surface area contributed by atoms with E-state index in [1.807, 2.05) is 28.6 Å². The van der Waals surface area contributed by atoms with E-state index in [0.717, 1.165) is 62.4 Å². The van der Waals surface area contributed by atoms with Crippen molar-refractivity contribution in [2.75, 3.05) is 26.2 Å². The molecule has 3 rings (SSSR count). The molecule has 0 atom stereocenters. The predicted octanol–water partition coefficient (Wildman–Crippen LogP) is 2.95. The van der Waals surface area contributed by atoms with Crippen molar-refractivity contribution in [3.63, 3.8) is 0 Å². The van der Waals surface area contributed by atoms with Crippen LogP contribution in [0, 0.1) is 5.82 Å². The zero-order valence-electron chi connectivity index (χ0n) is 15.6. The monoisotopic (exact) mass is 358 g/mol. The van der Waals surface area contributed by atoms with Crippen LogP contribution in [-0.4, -0.2) is 51.7 Å². The van der Waals surface area contributed by atoms with E-state index in [2.05, 4.69) is 16.9 Å². The van der Waals surface area contributed by atoms with Gasteiger partial charge < -0.3 is 4.90 Å². The van der Waals surface area contributed by atoms with Crippen molar-refractivity contribution in [1.29, 1.82) is 0 Å². The van der Waals surface area contributed by atoms with Gasteiger partial charge in [0.15, 0.2) is 0 Å². The third kappa shape index (κ3) is 4.12. The van der Waals surface area contributed by atoms with Crippen LogP contribution in [0.3, 0.4) is 0 Å². The van der Waals surface area contributed by atoms with Crippen LogP contribution >= 0.6 is 0 Å². The molecule has 1 saturated heterocycles. The van der Waals surface area contributed by atoms with Crippen molar-refractivity contribution in [2.45, 2.75) is 39.8 Å². The molecular formula is C20H27FN4O. The zero-order valence-corrected chi connectivity index (χ0v) is 15.6. The molecular weight excluding hydrogens is 331 g/mol. The number of aromatic nitrogens is 2. The van der Waals surface area contributed by atoms with Crippen molar-refractivity contribution < 1.29 is 9.18 Å². The molecule has 1 amide bonds. The maximum atomic E-state index is 13.1. The summed E-state index contributed by atoms with van der Waals surface area (Å²) >= 11 is 0. The number of amides is 1. The summed E-state index contributed by atoms with van der Waals surface area (Å²) in [6.45, 7) is 8.91. The first-order valence-electron chi connectivity index (χ1n) is 9.43. The van der Waals surface area contributed by atoms with Gasteiger partial charge >= 0.3 is 0 Å². The lowest BCUT2D eigenvalue weighted by Crippen LogP contribution is -2.35. The van der Waals surface area contributed by atoms with Gasteiger partial charge in [0.05, 0.1) is 17.5 Å². The molecule has 5 nitrogen and oxygen atoms in total. The van der Waals surface area contributed by atoms with Crippen molar-refractivity contribution in [2.24, 2.45) is 0 Å². The molecule has 0 aliphatic carbocycles. The molecule has 0 N–H and O–H groups in total. The Bertz CT molecular complexity index is 741. The number of nitrogens with zero attached hydrogens (tertiary/aromatic N) is 4. The van der Waals surface area contributed by atoms with Crippen LogP contribution in [0.5, 0.6) is 0 Å². The largest absolute Gasteiger partial charge is 0.337 e. The number of benzene rings is 1. The SMILES string of the molecule is CCc1c(C(=O)N2CCCN(Cc3ccc(F)cc3)CC2)cnn1CC. The highest BCUT2D eigenvalue weighted by Crippen LogP contribution is 2.16. The highest BCUT2D eigenvalue weighted by atomic mass is 19.1. The van der Waals surface area contributed by atoms with Gasteiger partial charge in [0.2, 0.25) is 0 Å². The fourth-order valence-electron chi connectivity index (χ4n) is 3.59. The lowest BCUT2D eigenvalue weighted by atomic mass is 10.1. The fraction of sp³-hybridized carbons (Fsp3) is 0.500. The molecule has 0 spiro atoms. The summed E-state index contributed by atoms with van der Waals surface area (Å²) in [5.41, 5.74) is 2.86. The van der Waals surface area contributed by atoms with Gasteiger partial charge in [-0.25, -0.2) is 4.39 Å². The fourth-order valence-corrected chi connectivity index (χ4v) is 3.59. The van der Waals surface area contributed by atoms with Crippen molar-refractivity contribution in [3.05, 3.63) is 53.1 Å². The molecule has 1 aliphatic heterocycles. The summed E-state index contributed by atoms with van der Waals surface area (Å²) in [6, 6.07) is 6.66. The molecule has 1 aromatic carbocycles. The van der Waals surface area contributed by atoms with E-state index in [-0.39, 0.29) is 11.7 Å². The summed E-state index contributed by atoms with van der Waals surface area (Å²) in [5, 5.41) is 4.35. The molecule has 1 aliphatic rings. The number of aryl methyl sites for hydroxylation is 1. The average Bonchev–Trinajstić information content (AvgIpc) is 2.94. The Hall–Kier alpha value is -2.21. The molecule has 1 fully saturated rings. The molecule has 0 bridgehead atoms. The highest BCUT2D eigenvalue weighted by Gasteiger charge is 2.24. The summed E-state index contributed by atoms with van der Waals surface area (Å²) in [5.74, 6) is -0.120. The van der Waals surface area contributed by atoms with E-state index < -0.39 is 0 Å². The first-order valence-corrected chi connectivity index (χ1v) is 9.43. The molecule has 0 unspecified atom stereocenters. The van der Waals surface area contributed by atoms with E-state index in [9.17, 15) is 9.18 Å². The quantitative estimate of drug-likeness (QED) is 0.825. The van der Waals surface area contributed by atoms with E-state index in [4.69, 9.17) is 0 Å². The Morgan fingerprint density at radius 3 is 2.58 bits per heavy atom.